The van der Waals surface area contributed by atoms with Gasteiger partial charge in [-0.25, -0.2) is 0 Å². The second kappa shape index (κ2) is 5.36. The lowest BCUT2D eigenvalue weighted by Gasteiger charge is -1.99. The maximum Gasteiger partial charge on any atom is 0.279 e. The van der Waals surface area contributed by atoms with Crippen LogP contribution in [0.3, 0.4) is 0 Å². The predicted octanol–water partition coefficient (Wildman–Crippen LogP) is 2.95. The van der Waals surface area contributed by atoms with E-state index in [2.05, 4.69) is 15.9 Å². The Morgan fingerprint density at radius 2 is 1.94 bits per heavy atom. The van der Waals surface area contributed by atoms with Crippen molar-refractivity contribution in [3.8, 4) is 0 Å². The SMILES string of the molecule is O=[N+]([O-])c1ccc(CC=CBr)c([N+](=O)[O-])c1. The summed E-state index contributed by atoms with van der Waals surface area (Å²) < 4.78 is 0. The van der Waals surface area contributed by atoms with E-state index >= 15 is 0 Å². The van der Waals surface area contributed by atoms with Crippen molar-refractivity contribution in [3.05, 3.63) is 55.1 Å². The van der Waals surface area contributed by atoms with Gasteiger partial charge in [0.05, 0.1) is 15.9 Å². The number of rotatable bonds is 4. The molecule has 1 rings (SSSR count). The molecule has 7 heteroatoms. The monoisotopic (exact) mass is 286 g/mol. The van der Waals surface area contributed by atoms with Crippen molar-refractivity contribution < 1.29 is 9.85 Å². The van der Waals surface area contributed by atoms with E-state index in [1.54, 1.807) is 11.1 Å². The van der Waals surface area contributed by atoms with Crippen molar-refractivity contribution in [1.29, 1.82) is 0 Å². The number of nitro benzene ring substituents is 2. The van der Waals surface area contributed by atoms with Crippen LogP contribution in [0.15, 0.2) is 29.3 Å². The van der Waals surface area contributed by atoms with Gasteiger partial charge in [0.2, 0.25) is 0 Å². The normalized spacial score (nSPS) is 10.6. The van der Waals surface area contributed by atoms with Crippen molar-refractivity contribution in [2.24, 2.45) is 0 Å². The van der Waals surface area contributed by atoms with Crippen molar-refractivity contribution in [2.45, 2.75) is 6.42 Å². The molecule has 0 saturated carbocycles. The zero-order chi connectivity index (χ0) is 12.1. The molecule has 84 valence electrons. The second-order valence-corrected chi connectivity index (χ2v) is 3.42. The molecule has 0 bridgehead atoms. The molecule has 0 heterocycles. The lowest BCUT2D eigenvalue weighted by Crippen LogP contribution is -1.97. The lowest BCUT2D eigenvalue weighted by molar-refractivity contribution is -0.394. The quantitative estimate of drug-likeness (QED) is 0.629. The van der Waals surface area contributed by atoms with Gasteiger partial charge in [-0.15, -0.1) is 0 Å². The largest absolute Gasteiger partial charge is 0.279 e. The minimum atomic E-state index is -0.656. The van der Waals surface area contributed by atoms with Gasteiger partial charge in [0.1, 0.15) is 0 Å². The Morgan fingerprint density at radius 3 is 2.44 bits per heavy atom. The van der Waals surface area contributed by atoms with Crippen LogP contribution in [0.4, 0.5) is 11.4 Å². The maximum atomic E-state index is 10.7. The van der Waals surface area contributed by atoms with E-state index in [0.717, 1.165) is 6.07 Å². The number of non-ortho nitro benzene ring substituents is 1. The summed E-state index contributed by atoms with van der Waals surface area (Å²) in [6.45, 7) is 0. The van der Waals surface area contributed by atoms with E-state index in [4.69, 9.17) is 0 Å². The van der Waals surface area contributed by atoms with Crippen molar-refractivity contribution in [2.75, 3.05) is 0 Å². The fourth-order valence-corrected chi connectivity index (χ4v) is 1.37. The smallest absolute Gasteiger partial charge is 0.258 e. The van der Waals surface area contributed by atoms with Gasteiger partial charge in [-0.2, -0.15) is 0 Å². The van der Waals surface area contributed by atoms with Crippen LogP contribution in [0.2, 0.25) is 0 Å². The van der Waals surface area contributed by atoms with Gasteiger partial charge in [-0.05, 0) is 17.5 Å². The molecule has 0 N–H and O–H groups in total. The van der Waals surface area contributed by atoms with E-state index in [1.807, 2.05) is 0 Å². The summed E-state index contributed by atoms with van der Waals surface area (Å²) in [6.07, 6.45) is 2.02. The number of nitro groups is 2. The first kappa shape index (κ1) is 12.3. The zero-order valence-electron chi connectivity index (χ0n) is 8.00. The molecule has 6 nitrogen and oxygen atoms in total. The number of benzene rings is 1. The molecule has 0 radical (unpaired) electrons. The van der Waals surface area contributed by atoms with E-state index in [1.165, 1.54) is 12.1 Å². The highest BCUT2D eigenvalue weighted by Crippen LogP contribution is 2.25. The van der Waals surface area contributed by atoms with Crippen LogP contribution in [0.25, 0.3) is 0 Å². The van der Waals surface area contributed by atoms with Gasteiger partial charge in [0.25, 0.3) is 11.4 Å². The minimum absolute atomic E-state index is 0.236. The first-order valence-corrected chi connectivity index (χ1v) is 5.14. The van der Waals surface area contributed by atoms with Crippen LogP contribution in [-0.2, 0) is 6.42 Å². The maximum absolute atomic E-state index is 10.7. The molecule has 0 fully saturated rings. The average molecular weight is 287 g/mol. The first-order chi connectivity index (χ1) is 7.56. The fourth-order valence-electron chi connectivity index (χ4n) is 1.18. The Balaban J connectivity index is 3.19. The van der Waals surface area contributed by atoms with E-state index in [-0.39, 0.29) is 11.4 Å². The highest BCUT2D eigenvalue weighted by molar-refractivity contribution is 9.11. The third-order valence-corrected chi connectivity index (χ3v) is 2.28. The topological polar surface area (TPSA) is 86.3 Å². The van der Waals surface area contributed by atoms with Crippen LogP contribution in [0.5, 0.6) is 0 Å². The standard InChI is InChI=1S/C9H7BrN2O4/c10-5-1-2-7-3-4-8(11(13)14)6-9(7)12(15)16/h1,3-6H,2H2. The molecule has 0 atom stereocenters. The Kier molecular flexibility index (Phi) is 4.12. The molecule has 0 aromatic heterocycles. The summed E-state index contributed by atoms with van der Waals surface area (Å²) in [7, 11) is 0. The molecule has 0 amide bonds. The Bertz CT molecular complexity index is 459. The number of halogens is 1. The van der Waals surface area contributed by atoms with Gasteiger partial charge in [0, 0.05) is 11.6 Å². The van der Waals surface area contributed by atoms with Gasteiger partial charge in [-0.3, -0.25) is 20.2 Å². The Labute approximate surface area is 99.0 Å². The summed E-state index contributed by atoms with van der Waals surface area (Å²) in [5, 5.41) is 21.2. The molecule has 16 heavy (non-hydrogen) atoms. The van der Waals surface area contributed by atoms with Crippen LogP contribution >= 0.6 is 15.9 Å². The van der Waals surface area contributed by atoms with Crippen LogP contribution in [-0.4, -0.2) is 9.85 Å². The molecule has 1 aromatic rings. The molecule has 0 saturated heterocycles. The molecular formula is C9H7BrN2O4. The summed E-state index contributed by atoms with van der Waals surface area (Å²) in [6, 6.07) is 3.62. The average Bonchev–Trinajstić information content (AvgIpc) is 2.25. The van der Waals surface area contributed by atoms with E-state index < -0.39 is 9.85 Å². The predicted molar refractivity (Wildman–Crippen MR) is 61.5 cm³/mol. The number of nitrogens with zero attached hydrogens (tertiary/aromatic N) is 2. The van der Waals surface area contributed by atoms with Gasteiger partial charge in [-0.1, -0.05) is 22.0 Å². The molecule has 0 aliphatic rings. The number of allylic oxidation sites excluding steroid dienone is 1. The molecule has 0 spiro atoms. The third-order valence-electron chi connectivity index (χ3n) is 1.90. The van der Waals surface area contributed by atoms with Crippen molar-refractivity contribution >= 4 is 27.3 Å². The molecule has 0 aliphatic heterocycles. The summed E-state index contributed by atoms with van der Waals surface area (Å²) in [4.78, 5) is 21.5. The molecule has 1 aromatic carbocycles. The van der Waals surface area contributed by atoms with Crippen LogP contribution < -0.4 is 0 Å². The summed E-state index contributed by atoms with van der Waals surface area (Å²) in [5.74, 6) is 0. The fraction of sp³-hybridized carbons (Fsp3) is 0.111. The Morgan fingerprint density at radius 1 is 1.25 bits per heavy atom. The molecule has 0 aliphatic carbocycles. The van der Waals surface area contributed by atoms with Crippen LogP contribution in [0, 0.1) is 20.2 Å². The van der Waals surface area contributed by atoms with E-state index in [0.29, 0.717) is 12.0 Å². The Hall–Kier alpha value is -1.76. The first-order valence-electron chi connectivity index (χ1n) is 4.23. The third kappa shape index (κ3) is 2.86. The highest BCUT2D eigenvalue weighted by Gasteiger charge is 2.18. The summed E-state index contributed by atoms with van der Waals surface area (Å²) >= 11 is 3.05. The van der Waals surface area contributed by atoms with Crippen molar-refractivity contribution in [1.82, 2.24) is 0 Å². The summed E-state index contributed by atoms with van der Waals surface area (Å²) in [5.41, 5.74) is -0.0793. The van der Waals surface area contributed by atoms with Gasteiger partial charge < -0.3 is 0 Å². The molecule has 0 unspecified atom stereocenters. The number of hydrogen-bond acceptors (Lipinski definition) is 4. The van der Waals surface area contributed by atoms with E-state index in [9.17, 15) is 20.2 Å². The van der Waals surface area contributed by atoms with Gasteiger partial charge >= 0.3 is 0 Å². The van der Waals surface area contributed by atoms with Gasteiger partial charge in [0.15, 0.2) is 0 Å². The highest BCUT2D eigenvalue weighted by atomic mass is 79.9. The minimum Gasteiger partial charge on any atom is -0.258 e. The van der Waals surface area contributed by atoms with Crippen LogP contribution in [0.1, 0.15) is 5.56 Å². The van der Waals surface area contributed by atoms with Crippen molar-refractivity contribution in [3.63, 3.8) is 0 Å². The lowest BCUT2D eigenvalue weighted by atomic mass is 10.1. The zero-order valence-corrected chi connectivity index (χ0v) is 9.59. The second-order valence-electron chi connectivity index (χ2n) is 2.89. The number of hydrogen-bond donors (Lipinski definition) is 0. The molecular weight excluding hydrogens is 280 g/mol.